The minimum absolute atomic E-state index is 0.0150. The van der Waals surface area contributed by atoms with E-state index in [1.807, 2.05) is 6.92 Å². The molecular weight excluding hydrogens is 587 g/mol. The molecule has 3 N–H and O–H groups in total. The summed E-state index contributed by atoms with van der Waals surface area (Å²) in [5.41, 5.74) is -4.24. The Balaban J connectivity index is 1.44. The van der Waals surface area contributed by atoms with E-state index in [9.17, 15) is 30.8 Å². The summed E-state index contributed by atoms with van der Waals surface area (Å²) in [6.07, 6.45) is 3.41. The van der Waals surface area contributed by atoms with Crippen molar-refractivity contribution in [3.8, 4) is 0 Å². The number of nitrogens with two attached hydrogens (primary N) is 1. The molecule has 1 fully saturated rings. The van der Waals surface area contributed by atoms with E-state index in [0.29, 0.717) is 28.5 Å². The number of alkyl halides is 3. The van der Waals surface area contributed by atoms with Gasteiger partial charge in [0, 0.05) is 39.9 Å². The number of piperazine rings is 1. The minimum Gasteiger partial charge on any atom is -0.347 e. The maximum atomic E-state index is 14.8. The monoisotopic (exact) mass is 608 g/mol. The quantitative estimate of drug-likeness (QED) is 0.238. The number of benzene rings is 1. The summed E-state index contributed by atoms with van der Waals surface area (Å²) in [5.74, 6) is 4.81. The van der Waals surface area contributed by atoms with Crippen LogP contribution in [0.25, 0.3) is 5.78 Å². The van der Waals surface area contributed by atoms with Crippen LogP contribution in [0.4, 0.5) is 17.6 Å². The van der Waals surface area contributed by atoms with Crippen LogP contribution in [0.15, 0.2) is 35.4 Å². The van der Waals surface area contributed by atoms with Crippen molar-refractivity contribution in [2.24, 2.45) is 10.6 Å². The molecule has 1 atom stereocenters. The van der Waals surface area contributed by atoms with Gasteiger partial charge in [-0.05, 0) is 24.1 Å². The molecule has 39 heavy (non-hydrogen) atoms. The van der Waals surface area contributed by atoms with E-state index in [1.54, 1.807) is 6.07 Å². The van der Waals surface area contributed by atoms with Gasteiger partial charge in [-0.3, -0.25) is 14.2 Å². The maximum Gasteiger partial charge on any atom is 0.511 e. The molecule has 0 bridgehead atoms. The topological polar surface area (TPSA) is 138 Å². The predicted octanol–water partition coefficient (Wildman–Crippen LogP) is 1.97. The number of amides is 1. The Bertz CT molecular complexity index is 1550. The summed E-state index contributed by atoms with van der Waals surface area (Å²) in [4.78, 5) is 21.3. The Kier molecular flexibility index (Phi) is 8.42. The number of fused-ring (bicyclic) bond motifs is 1. The number of halogens is 5. The fourth-order valence-electron chi connectivity index (χ4n) is 3.72. The molecule has 1 unspecified atom stereocenters. The average molecular weight is 609 g/mol. The fraction of sp³-hybridized carbons (Fsp3) is 0.333. The zero-order chi connectivity index (χ0) is 28.5. The van der Waals surface area contributed by atoms with Gasteiger partial charge in [0.15, 0.2) is 0 Å². The Labute approximate surface area is 226 Å². The van der Waals surface area contributed by atoms with Crippen LogP contribution in [-0.4, -0.2) is 69.0 Å². The number of hydrogen-bond donors (Lipinski definition) is 2. The molecule has 0 spiro atoms. The Morgan fingerprint density at radius 1 is 1.31 bits per heavy atom. The number of nitrogens with zero attached hydrogens (tertiary/aromatic N) is 6. The second-order valence-corrected chi connectivity index (χ2v) is 11.7. The van der Waals surface area contributed by atoms with E-state index in [1.165, 1.54) is 28.9 Å². The number of carbonyl (C=O) groups excluding carboxylic acids is 1. The van der Waals surface area contributed by atoms with Gasteiger partial charge < -0.3 is 5.32 Å². The van der Waals surface area contributed by atoms with Crippen LogP contribution in [0.2, 0.25) is 5.02 Å². The number of sulfonamides is 1. The molecule has 0 aliphatic carbocycles. The summed E-state index contributed by atoms with van der Waals surface area (Å²) in [6.45, 7) is 0.448. The molecule has 11 nitrogen and oxygen atoms in total. The van der Waals surface area contributed by atoms with Crippen LogP contribution in [0, 0.1) is 5.82 Å². The van der Waals surface area contributed by atoms with Crippen molar-refractivity contribution in [2.45, 2.75) is 25.4 Å². The lowest BCUT2D eigenvalue weighted by Crippen LogP contribution is -2.56. The predicted molar refractivity (Wildman–Crippen MR) is 138 cm³/mol. The molecule has 2 aromatic heterocycles. The molecule has 0 radical (unpaired) electrons. The van der Waals surface area contributed by atoms with Gasteiger partial charge in [-0.1, -0.05) is 24.6 Å². The average Bonchev–Trinajstić information content (AvgIpc) is 3.24. The van der Waals surface area contributed by atoms with Crippen LogP contribution in [0.1, 0.15) is 28.7 Å². The maximum absolute atomic E-state index is 14.8. The van der Waals surface area contributed by atoms with Gasteiger partial charge in [0.25, 0.3) is 5.91 Å². The number of rotatable bonds is 7. The Morgan fingerprint density at radius 2 is 2.05 bits per heavy atom. The van der Waals surface area contributed by atoms with E-state index >= 15 is 0 Å². The van der Waals surface area contributed by atoms with Gasteiger partial charge in [-0.15, -0.1) is 0 Å². The highest BCUT2D eigenvalue weighted by atomic mass is 35.5. The molecule has 1 aromatic carbocycles. The van der Waals surface area contributed by atoms with Crippen molar-refractivity contribution in [2.75, 3.05) is 19.6 Å². The third-order valence-corrected chi connectivity index (χ3v) is 8.52. The third-order valence-electron chi connectivity index (χ3n) is 5.73. The third kappa shape index (κ3) is 6.14. The first-order valence-electron chi connectivity index (χ1n) is 11.3. The minimum atomic E-state index is -5.55. The van der Waals surface area contributed by atoms with Crippen molar-refractivity contribution < 1.29 is 30.8 Å². The van der Waals surface area contributed by atoms with Crippen LogP contribution in [0.5, 0.6) is 0 Å². The molecule has 3 heterocycles. The number of aryl methyl sites for hydroxylation is 1. The normalized spacial score (nSPS) is 16.6. The van der Waals surface area contributed by atoms with Crippen molar-refractivity contribution in [3.05, 3.63) is 58.4 Å². The zero-order valence-electron chi connectivity index (χ0n) is 20.2. The molecule has 1 amide bonds. The largest absolute Gasteiger partial charge is 0.511 e. The lowest BCUT2D eigenvalue weighted by atomic mass is 10.2. The first-order valence-corrected chi connectivity index (χ1v) is 14.1. The van der Waals surface area contributed by atoms with E-state index in [2.05, 4.69) is 20.0 Å². The lowest BCUT2D eigenvalue weighted by Gasteiger charge is -2.33. The second kappa shape index (κ2) is 11.3. The number of carbonyl (C=O) groups is 1. The van der Waals surface area contributed by atoms with E-state index in [-0.39, 0.29) is 34.2 Å². The fourth-order valence-corrected chi connectivity index (χ4v) is 5.55. The SMILES string of the molecule is CCc1nc2ncc(Cl)cn2c1C(=O)NCc1ccc(P/N=C2/CN(S(=O)(=O)C(F)(F)F)CCN2N)c(F)c1. The number of amidine groups is 1. The van der Waals surface area contributed by atoms with Crippen molar-refractivity contribution in [1.82, 2.24) is 29.0 Å². The van der Waals surface area contributed by atoms with Crippen LogP contribution >= 0.6 is 20.3 Å². The zero-order valence-corrected chi connectivity index (χ0v) is 22.8. The highest BCUT2D eigenvalue weighted by Crippen LogP contribution is 2.28. The number of nitrogens with one attached hydrogen (secondary N) is 1. The van der Waals surface area contributed by atoms with Crippen LogP contribution in [-0.2, 0) is 23.0 Å². The van der Waals surface area contributed by atoms with E-state index < -0.39 is 49.1 Å². The van der Waals surface area contributed by atoms with Crippen molar-refractivity contribution >= 4 is 53.2 Å². The Hall–Kier alpha value is -2.91. The van der Waals surface area contributed by atoms with Crippen molar-refractivity contribution in [3.63, 3.8) is 0 Å². The number of hydrazine groups is 1. The summed E-state index contributed by atoms with van der Waals surface area (Å²) in [7, 11) is -6.14. The standard InChI is InChI=1S/C21H22ClF4N8O3PS/c1-2-15-18(33-10-13(22)9-29-20(33)30-15)19(35)28-8-12-3-4-16(14(23)7-12)38-31-17-11-32(5-6-34(17)27)39(36,37)21(24,25)26/h3-4,7,9-10,38H,2,5-6,8,11,27H2,1H3,(H,28,35)/b31-17-. The molecule has 210 valence electrons. The van der Waals surface area contributed by atoms with Gasteiger partial charge in [0.05, 0.1) is 23.5 Å². The molecule has 1 saturated heterocycles. The van der Waals surface area contributed by atoms with Gasteiger partial charge in [0.1, 0.15) is 17.3 Å². The van der Waals surface area contributed by atoms with E-state index in [0.717, 1.165) is 5.01 Å². The first kappa shape index (κ1) is 29.1. The van der Waals surface area contributed by atoms with Gasteiger partial charge in [0.2, 0.25) is 5.78 Å². The van der Waals surface area contributed by atoms with Crippen molar-refractivity contribution in [1.29, 1.82) is 0 Å². The molecule has 4 rings (SSSR count). The summed E-state index contributed by atoms with van der Waals surface area (Å²) in [6, 6.07) is 4.17. The molecule has 1 aliphatic heterocycles. The summed E-state index contributed by atoms with van der Waals surface area (Å²) in [5, 5.41) is 4.19. The molecule has 0 saturated carbocycles. The van der Waals surface area contributed by atoms with Gasteiger partial charge >= 0.3 is 15.5 Å². The Morgan fingerprint density at radius 3 is 2.72 bits per heavy atom. The lowest BCUT2D eigenvalue weighted by molar-refractivity contribution is -0.0489. The summed E-state index contributed by atoms with van der Waals surface area (Å²) >= 11 is 6.00. The highest BCUT2D eigenvalue weighted by molar-refractivity contribution is 7.90. The molecular formula is C21H22ClF4N8O3PS. The second-order valence-electron chi connectivity index (χ2n) is 8.32. The van der Waals surface area contributed by atoms with Gasteiger partial charge in [-0.2, -0.15) is 17.5 Å². The number of aromatic nitrogens is 3. The number of hydrogen-bond acceptors (Lipinski definition) is 7. The smallest absolute Gasteiger partial charge is 0.347 e. The van der Waals surface area contributed by atoms with Crippen LogP contribution in [0.3, 0.4) is 0 Å². The highest BCUT2D eigenvalue weighted by Gasteiger charge is 2.51. The summed E-state index contributed by atoms with van der Waals surface area (Å²) < 4.78 is 82.7. The first-order chi connectivity index (χ1) is 18.3. The van der Waals surface area contributed by atoms with Gasteiger partial charge in [-0.25, -0.2) is 33.4 Å². The van der Waals surface area contributed by atoms with E-state index in [4.69, 9.17) is 17.4 Å². The molecule has 18 heteroatoms. The van der Waals surface area contributed by atoms with Crippen LogP contribution < -0.4 is 16.5 Å². The molecule has 3 aromatic rings. The number of imidazole rings is 1. The molecule has 1 aliphatic rings.